The molecule has 2 aromatic carbocycles. The molecule has 0 atom stereocenters. The summed E-state index contributed by atoms with van der Waals surface area (Å²) in [6.45, 7) is 3.43. The summed E-state index contributed by atoms with van der Waals surface area (Å²) in [5.74, 6) is 1.99. The van der Waals surface area contributed by atoms with Crippen LogP contribution in [0.25, 0.3) is 0 Å². The SMILES string of the molecule is c1ccc(OCCCNCc2ccc3c(c2)CCO3)cc1. The number of nitrogens with one attached hydrogen (secondary N) is 1. The topological polar surface area (TPSA) is 30.5 Å². The summed E-state index contributed by atoms with van der Waals surface area (Å²) in [7, 11) is 0. The average molecular weight is 283 g/mol. The normalized spacial score (nSPS) is 12.8. The number of fused-ring (bicyclic) bond motifs is 1. The van der Waals surface area contributed by atoms with E-state index in [-0.39, 0.29) is 0 Å². The van der Waals surface area contributed by atoms with Crippen molar-refractivity contribution >= 4 is 0 Å². The molecule has 3 rings (SSSR count). The monoisotopic (exact) mass is 283 g/mol. The Bertz CT molecular complexity index is 569. The Kier molecular flexibility index (Phi) is 4.74. The molecule has 0 bridgehead atoms. The van der Waals surface area contributed by atoms with Crippen molar-refractivity contribution in [2.45, 2.75) is 19.4 Å². The van der Waals surface area contributed by atoms with E-state index in [1.807, 2.05) is 30.3 Å². The van der Waals surface area contributed by atoms with Crippen molar-refractivity contribution in [1.29, 1.82) is 0 Å². The summed E-state index contributed by atoms with van der Waals surface area (Å²) in [6, 6.07) is 16.4. The Balaban J connectivity index is 1.33. The Hall–Kier alpha value is -2.00. The molecule has 0 spiro atoms. The summed E-state index contributed by atoms with van der Waals surface area (Å²) in [5.41, 5.74) is 2.66. The number of hydrogen-bond donors (Lipinski definition) is 1. The van der Waals surface area contributed by atoms with Crippen molar-refractivity contribution in [2.75, 3.05) is 19.8 Å². The molecular weight excluding hydrogens is 262 g/mol. The molecule has 110 valence electrons. The molecule has 1 N–H and O–H groups in total. The van der Waals surface area contributed by atoms with Crippen LogP contribution in [0.4, 0.5) is 0 Å². The second kappa shape index (κ2) is 7.14. The highest BCUT2D eigenvalue weighted by Gasteiger charge is 2.11. The van der Waals surface area contributed by atoms with Crippen molar-refractivity contribution in [3.63, 3.8) is 0 Å². The maximum Gasteiger partial charge on any atom is 0.122 e. The number of benzene rings is 2. The maximum absolute atomic E-state index is 5.66. The summed E-state index contributed by atoms with van der Waals surface area (Å²) in [6.07, 6.45) is 2.04. The van der Waals surface area contributed by atoms with Gasteiger partial charge in [-0.1, -0.05) is 30.3 Å². The van der Waals surface area contributed by atoms with Crippen LogP contribution in [-0.4, -0.2) is 19.8 Å². The van der Waals surface area contributed by atoms with Crippen LogP contribution < -0.4 is 14.8 Å². The number of para-hydroxylation sites is 1. The lowest BCUT2D eigenvalue weighted by Gasteiger charge is -2.08. The highest BCUT2D eigenvalue weighted by Crippen LogP contribution is 2.25. The second-order valence-electron chi connectivity index (χ2n) is 5.23. The quantitative estimate of drug-likeness (QED) is 0.792. The van der Waals surface area contributed by atoms with Crippen molar-refractivity contribution in [3.8, 4) is 11.5 Å². The second-order valence-corrected chi connectivity index (χ2v) is 5.23. The zero-order valence-electron chi connectivity index (χ0n) is 12.2. The van der Waals surface area contributed by atoms with Crippen LogP contribution >= 0.6 is 0 Å². The van der Waals surface area contributed by atoms with Crippen molar-refractivity contribution in [3.05, 3.63) is 59.7 Å². The first-order chi connectivity index (χ1) is 10.4. The third-order valence-corrected chi connectivity index (χ3v) is 3.59. The lowest BCUT2D eigenvalue weighted by Crippen LogP contribution is -2.17. The summed E-state index contributed by atoms with van der Waals surface area (Å²) >= 11 is 0. The van der Waals surface area contributed by atoms with Crippen molar-refractivity contribution in [1.82, 2.24) is 5.32 Å². The third-order valence-electron chi connectivity index (χ3n) is 3.59. The first kappa shape index (κ1) is 14.0. The van der Waals surface area contributed by atoms with Gasteiger partial charge < -0.3 is 14.8 Å². The van der Waals surface area contributed by atoms with Crippen LogP contribution in [0, 0.1) is 0 Å². The van der Waals surface area contributed by atoms with Crippen LogP contribution in [0.3, 0.4) is 0 Å². The van der Waals surface area contributed by atoms with Gasteiger partial charge in [-0.25, -0.2) is 0 Å². The fourth-order valence-corrected chi connectivity index (χ4v) is 2.49. The fourth-order valence-electron chi connectivity index (χ4n) is 2.49. The smallest absolute Gasteiger partial charge is 0.122 e. The van der Waals surface area contributed by atoms with Gasteiger partial charge in [-0.15, -0.1) is 0 Å². The van der Waals surface area contributed by atoms with E-state index in [1.165, 1.54) is 11.1 Å². The maximum atomic E-state index is 5.66. The molecule has 0 radical (unpaired) electrons. The Morgan fingerprint density at radius 2 is 2.00 bits per heavy atom. The molecule has 1 aliphatic rings. The van der Waals surface area contributed by atoms with Crippen LogP contribution in [0.1, 0.15) is 17.5 Å². The minimum Gasteiger partial charge on any atom is -0.494 e. The number of rotatable bonds is 7. The molecule has 0 amide bonds. The molecule has 1 heterocycles. The zero-order chi connectivity index (χ0) is 14.3. The molecule has 0 saturated heterocycles. The van der Waals surface area contributed by atoms with Gasteiger partial charge in [0.25, 0.3) is 0 Å². The molecule has 1 aliphatic heterocycles. The summed E-state index contributed by atoms with van der Waals surface area (Å²) in [4.78, 5) is 0. The highest BCUT2D eigenvalue weighted by atomic mass is 16.5. The van der Waals surface area contributed by atoms with Gasteiger partial charge in [-0.05, 0) is 42.3 Å². The van der Waals surface area contributed by atoms with E-state index in [9.17, 15) is 0 Å². The van der Waals surface area contributed by atoms with Gasteiger partial charge in [0.2, 0.25) is 0 Å². The lowest BCUT2D eigenvalue weighted by molar-refractivity contribution is 0.308. The minimum atomic E-state index is 0.745. The highest BCUT2D eigenvalue weighted by molar-refractivity contribution is 5.39. The van der Waals surface area contributed by atoms with Crippen LogP contribution in [0.2, 0.25) is 0 Å². The molecule has 0 aliphatic carbocycles. The van der Waals surface area contributed by atoms with E-state index in [0.29, 0.717) is 0 Å². The van der Waals surface area contributed by atoms with Crippen LogP contribution in [-0.2, 0) is 13.0 Å². The van der Waals surface area contributed by atoms with E-state index < -0.39 is 0 Å². The van der Waals surface area contributed by atoms with Gasteiger partial charge >= 0.3 is 0 Å². The molecule has 0 aromatic heterocycles. The standard InChI is InChI=1S/C18H21NO2/c1-2-5-17(6-3-1)20-11-4-10-19-14-15-7-8-18-16(13-15)9-12-21-18/h1-3,5-8,13,19H,4,9-12,14H2. The largest absolute Gasteiger partial charge is 0.494 e. The van der Waals surface area contributed by atoms with Gasteiger partial charge in [-0.3, -0.25) is 0 Å². The van der Waals surface area contributed by atoms with E-state index in [2.05, 4.69) is 23.5 Å². The minimum absolute atomic E-state index is 0.745. The average Bonchev–Trinajstić information content (AvgIpc) is 2.99. The number of hydrogen-bond acceptors (Lipinski definition) is 3. The van der Waals surface area contributed by atoms with Gasteiger partial charge in [0.1, 0.15) is 11.5 Å². The van der Waals surface area contributed by atoms with Gasteiger partial charge in [0, 0.05) is 13.0 Å². The third kappa shape index (κ3) is 3.99. The molecule has 3 nitrogen and oxygen atoms in total. The van der Waals surface area contributed by atoms with Gasteiger partial charge in [0.15, 0.2) is 0 Å². The van der Waals surface area contributed by atoms with E-state index in [0.717, 1.165) is 50.6 Å². The van der Waals surface area contributed by atoms with Crippen LogP contribution in [0.15, 0.2) is 48.5 Å². The van der Waals surface area contributed by atoms with E-state index in [4.69, 9.17) is 9.47 Å². The molecule has 0 unspecified atom stereocenters. The van der Waals surface area contributed by atoms with E-state index >= 15 is 0 Å². The Morgan fingerprint density at radius 3 is 2.90 bits per heavy atom. The van der Waals surface area contributed by atoms with Gasteiger partial charge in [-0.2, -0.15) is 0 Å². The molecule has 2 aromatic rings. The van der Waals surface area contributed by atoms with Crippen molar-refractivity contribution in [2.24, 2.45) is 0 Å². The molecule has 0 fully saturated rings. The van der Waals surface area contributed by atoms with E-state index in [1.54, 1.807) is 0 Å². The molecule has 3 heteroatoms. The predicted octanol–water partition coefficient (Wildman–Crippen LogP) is 3.18. The predicted molar refractivity (Wildman–Crippen MR) is 83.9 cm³/mol. The van der Waals surface area contributed by atoms with Crippen LogP contribution in [0.5, 0.6) is 11.5 Å². The summed E-state index contributed by atoms with van der Waals surface area (Å²) < 4.78 is 11.2. The van der Waals surface area contributed by atoms with Crippen molar-refractivity contribution < 1.29 is 9.47 Å². The summed E-state index contributed by atoms with van der Waals surface area (Å²) in [5, 5.41) is 3.46. The zero-order valence-corrected chi connectivity index (χ0v) is 12.2. The van der Waals surface area contributed by atoms with Gasteiger partial charge in [0.05, 0.1) is 13.2 Å². The Labute approximate surface area is 125 Å². The first-order valence-electron chi connectivity index (χ1n) is 7.55. The lowest BCUT2D eigenvalue weighted by atomic mass is 10.1. The Morgan fingerprint density at radius 1 is 1.10 bits per heavy atom. The first-order valence-corrected chi connectivity index (χ1v) is 7.55. The molecule has 0 saturated carbocycles. The molecule has 21 heavy (non-hydrogen) atoms. The molecular formula is C18H21NO2. The number of ether oxygens (including phenoxy) is 2. The fraction of sp³-hybridized carbons (Fsp3) is 0.333.